The van der Waals surface area contributed by atoms with E-state index < -0.39 is 0 Å². The first-order chi connectivity index (χ1) is 13.7. The van der Waals surface area contributed by atoms with Gasteiger partial charge in [-0.2, -0.15) is 9.78 Å². The molecule has 0 saturated carbocycles. The maximum atomic E-state index is 12.6. The molecule has 144 valence electrons. The molecular formula is C20H20ClN5O2. The fourth-order valence-corrected chi connectivity index (χ4v) is 3.32. The van der Waals surface area contributed by atoms with Crippen LogP contribution in [0.5, 0.6) is 0 Å². The number of pyridine rings is 1. The topological polar surface area (TPSA) is 72.3 Å². The van der Waals surface area contributed by atoms with E-state index >= 15 is 0 Å². The second-order valence-electron chi connectivity index (χ2n) is 6.36. The lowest BCUT2D eigenvalue weighted by molar-refractivity contribution is 0.122. The number of benzene rings is 1. The Morgan fingerprint density at radius 3 is 2.68 bits per heavy atom. The minimum absolute atomic E-state index is 0.107. The fraction of sp³-hybridized carbons (Fsp3) is 0.250. The van der Waals surface area contributed by atoms with Crippen LogP contribution in [0, 0.1) is 0 Å². The summed E-state index contributed by atoms with van der Waals surface area (Å²) in [6.45, 7) is 3.48. The Kier molecular flexibility index (Phi) is 5.55. The van der Waals surface area contributed by atoms with E-state index in [1.54, 1.807) is 12.4 Å². The highest BCUT2D eigenvalue weighted by atomic mass is 35.5. The summed E-state index contributed by atoms with van der Waals surface area (Å²) in [4.78, 5) is 19.3. The van der Waals surface area contributed by atoms with Gasteiger partial charge < -0.3 is 15.0 Å². The van der Waals surface area contributed by atoms with Gasteiger partial charge in [0.15, 0.2) is 0 Å². The highest BCUT2D eigenvalue weighted by Gasteiger charge is 2.16. The quantitative estimate of drug-likeness (QED) is 0.713. The number of halogens is 1. The van der Waals surface area contributed by atoms with Gasteiger partial charge in [-0.3, -0.25) is 4.79 Å². The van der Waals surface area contributed by atoms with E-state index in [2.05, 4.69) is 20.3 Å². The Labute approximate surface area is 167 Å². The molecular weight excluding hydrogens is 378 g/mol. The van der Waals surface area contributed by atoms with Gasteiger partial charge in [-0.05, 0) is 18.2 Å². The largest absolute Gasteiger partial charge is 0.378 e. The summed E-state index contributed by atoms with van der Waals surface area (Å²) in [5.74, 6) is 0.917. The average molecular weight is 398 g/mol. The summed E-state index contributed by atoms with van der Waals surface area (Å²) in [7, 11) is 0. The molecule has 1 saturated heterocycles. The van der Waals surface area contributed by atoms with Gasteiger partial charge in [-0.25, -0.2) is 4.98 Å². The van der Waals surface area contributed by atoms with Gasteiger partial charge in [0.2, 0.25) is 0 Å². The maximum absolute atomic E-state index is 12.6. The third kappa shape index (κ3) is 3.85. The normalized spacial score (nSPS) is 14.1. The lowest BCUT2D eigenvalue weighted by atomic mass is 10.2. The van der Waals surface area contributed by atoms with E-state index in [0.717, 1.165) is 24.5 Å². The van der Waals surface area contributed by atoms with Crippen LogP contribution in [0.3, 0.4) is 0 Å². The summed E-state index contributed by atoms with van der Waals surface area (Å²) in [5.41, 5.74) is 1.82. The molecule has 4 rings (SSSR count). The molecule has 0 aliphatic carbocycles. The van der Waals surface area contributed by atoms with E-state index in [4.69, 9.17) is 16.3 Å². The van der Waals surface area contributed by atoms with Gasteiger partial charge in [0.05, 0.1) is 30.8 Å². The number of rotatable bonds is 5. The van der Waals surface area contributed by atoms with Crippen LogP contribution in [0.2, 0.25) is 5.02 Å². The van der Waals surface area contributed by atoms with Crippen LogP contribution in [0.15, 0.2) is 59.7 Å². The number of nitrogens with one attached hydrogen (secondary N) is 1. The zero-order valence-electron chi connectivity index (χ0n) is 15.2. The molecule has 0 amide bonds. The molecule has 0 unspecified atom stereocenters. The number of anilines is 2. The minimum atomic E-state index is -0.363. The highest BCUT2D eigenvalue weighted by molar-refractivity contribution is 6.32. The smallest absolute Gasteiger partial charge is 0.292 e. The Hall–Kier alpha value is -2.90. The van der Waals surface area contributed by atoms with Crippen LogP contribution in [-0.4, -0.2) is 41.1 Å². The average Bonchev–Trinajstić information content (AvgIpc) is 2.76. The van der Waals surface area contributed by atoms with Crippen LogP contribution in [0.4, 0.5) is 11.5 Å². The van der Waals surface area contributed by atoms with E-state index in [0.29, 0.717) is 31.1 Å². The lowest BCUT2D eigenvalue weighted by Crippen LogP contribution is -2.37. The molecule has 3 heterocycles. The standard InChI is InChI=1S/C20H20ClN5O2/c21-18-17(14-24-26(20(18)27)16-6-2-1-3-7-16)23-13-15-5-4-8-22-19(15)25-9-11-28-12-10-25/h1-8,14,23H,9-13H2. The van der Waals surface area contributed by atoms with Crippen LogP contribution >= 0.6 is 11.6 Å². The fourth-order valence-electron chi connectivity index (χ4n) is 3.13. The first-order valence-corrected chi connectivity index (χ1v) is 9.45. The van der Waals surface area contributed by atoms with Crippen LogP contribution in [-0.2, 0) is 11.3 Å². The molecule has 28 heavy (non-hydrogen) atoms. The summed E-state index contributed by atoms with van der Waals surface area (Å²) in [5, 5.41) is 7.58. The van der Waals surface area contributed by atoms with Crippen LogP contribution in [0.25, 0.3) is 5.69 Å². The monoisotopic (exact) mass is 397 g/mol. The van der Waals surface area contributed by atoms with Crippen LogP contribution < -0.4 is 15.8 Å². The summed E-state index contributed by atoms with van der Waals surface area (Å²) >= 11 is 6.32. The summed E-state index contributed by atoms with van der Waals surface area (Å²) < 4.78 is 6.71. The first-order valence-electron chi connectivity index (χ1n) is 9.08. The van der Waals surface area contributed by atoms with Gasteiger partial charge >= 0.3 is 0 Å². The highest BCUT2D eigenvalue weighted by Crippen LogP contribution is 2.22. The van der Waals surface area contributed by atoms with Crippen molar-refractivity contribution >= 4 is 23.1 Å². The zero-order chi connectivity index (χ0) is 19.3. The van der Waals surface area contributed by atoms with Crippen molar-refractivity contribution < 1.29 is 4.74 Å². The number of para-hydroxylation sites is 1. The van der Waals surface area contributed by atoms with Crippen molar-refractivity contribution in [2.45, 2.75) is 6.54 Å². The molecule has 1 aliphatic heterocycles. The maximum Gasteiger partial charge on any atom is 0.292 e. The molecule has 0 atom stereocenters. The van der Waals surface area contributed by atoms with E-state index in [9.17, 15) is 4.79 Å². The molecule has 0 spiro atoms. The van der Waals surface area contributed by atoms with E-state index in [1.165, 1.54) is 4.68 Å². The Morgan fingerprint density at radius 1 is 1.11 bits per heavy atom. The second-order valence-corrected chi connectivity index (χ2v) is 6.74. The molecule has 1 N–H and O–H groups in total. The first kappa shape index (κ1) is 18.5. The summed E-state index contributed by atoms with van der Waals surface area (Å²) in [6.07, 6.45) is 3.35. The van der Waals surface area contributed by atoms with Crippen molar-refractivity contribution in [3.05, 3.63) is 75.8 Å². The molecule has 3 aromatic rings. The Morgan fingerprint density at radius 2 is 1.89 bits per heavy atom. The van der Waals surface area contributed by atoms with Gasteiger partial charge in [-0.1, -0.05) is 35.9 Å². The number of ether oxygens (including phenoxy) is 1. The van der Waals surface area contributed by atoms with E-state index in [1.807, 2.05) is 42.5 Å². The van der Waals surface area contributed by atoms with E-state index in [-0.39, 0.29) is 10.6 Å². The molecule has 1 aliphatic rings. The van der Waals surface area contributed by atoms with Crippen molar-refractivity contribution in [1.82, 2.24) is 14.8 Å². The molecule has 0 bridgehead atoms. The summed E-state index contributed by atoms with van der Waals surface area (Å²) in [6, 6.07) is 13.1. The second kappa shape index (κ2) is 8.41. The Bertz CT molecular complexity index is 1000. The van der Waals surface area contributed by atoms with Gasteiger partial charge in [-0.15, -0.1) is 0 Å². The molecule has 8 heteroatoms. The molecule has 1 fully saturated rings. The van der Waals surface area contributed by atoms with Crippen molar-refractivity contribution in [3.8, 4) is 5.69 Å². The van der Waals surface area contributed by atoms with Crippen molar-refractivity contribution in [2.75, 3.05) is 36.5 Å². The van der Waals surface area contributed by atoms with Crippen LogP contribution in [0.1, 0.15) is 5.56 Å². The minimum Gasteiger partial charge on any atom is -0.378 e. The predicted octanol–water partition coefficient (Wildman–Crippen LogP) is 2.73. The van der Waals surface area contributed by atoms with Crippen molar-refractivity contribution in [1.29, 1.82) is 0 Å². The van der Waals surface area contributed by atoms with Gasteiger partial charge in [0, 0.05) is 31.4 Å². The molecule has 1 aromatic carbocycles. The van der Waals surface area contributed by atoms with Gasteiger partial charge in [0.25, 0.3) is 5.56 Å². The Balaban J connectivity index is 1.55. The van der Waals surface area contributed by atoms with Crippen molar-refractivity contribution in [3.63, 3.8) is 0 Å². The number of hydrogen-bond acceptors (Lipinski definition) is 6. The predicted molar refractivity (Wildman–Crippen MR) is 109 cm³/mol. The van der Waals surface area contributed by atoms with Crippen molar-refractivity contribution in [2.24, 2.45) is 0 Å². The third-order valence-corrected chi connectivity index (χ3v) is 4.93. The molecule has 7 nitrogen and oxygen atoms in total. The number of morpholine rings is 1. The van der Waals surface area contributed by atoms with Gasteiger partial charge in [0.1, 0.15) is 10.8 Å². The third-order valence-electron chi connectivity index (χ3n) is 4.57. The number of hydrogen-bond donors (Lipinski definition) is 1. The molecule has 0 radical (unpaired) electrons. The number of aromatic nitrogens is 3. The molecule has 2 aromatic heterocycles. The lowest BCUT2D eigenvalue weighted by Gasteiger charge is -2.29. The number of nitrogens with zero attached hydrogens (tertiary/aromatic N) is 4. The zero-order valence-corrected chi connectivity index (χ0v) is 16.0. The SMILES string of the molecule is O=c1c(Cl)c(NCc2cccnc2N2CCOCC2)cnn1-c1ccccc1.